The van der Waals surface area contributed by atoms with Crippen LogP contribution in [-0.2, 0) is 6.54 Å². The van der Waals surface area contributed by atoms with E-state index in [0.717, 1.165) is 24.4 Å². The third-order valence-electron chi connectivity index (χ3n) is 3.75. The van der Waals surface area contributed by atoms with Gasteiger partial charge >= 0.3 is 0 Å². The first-order valence-electron chi connectivity index (χ1n) is 7.27. The smallest absolute Gasteiger partial charge is 0.137 e. The molecule has 0 spiro atoms. The number of hydrogen-bond donors (Lipinski definition) is 1. The molecule has 0 aliphatic carbocycles. The van der Waals surface area contributed by atoms with E-state index in [4.69, 9.17) is 0 Å². The fourth-order valence-electron chi connectivity index (χ4n) is 2.72. The van der Waals surface area contributed by atoms with E-state index in [1.807, 2.05) is 24.4 Å². The first-order valence-corrected chi connectivity index (χ1v) is 7.27. The fraction of sp³-hybridized carbons (Fsp3) is 0.533. The Morgan fingerprint density at radius 1 is 1.21 bits per heavy atom. The molecule has 0 bridgehead atoms. The molecule has 4 heteroatoms. The number of likely N-dealkylation sites (tertiary alicyclic amines) is 1. The third-order valence-corrected chi connectivity index (χ3v) is 3.75. The molecule has 0 aromatic carbocycles. The van der Waals surface area contributed by atoms with Crippen LogP contribution in [0.3, 0.4) is 0 Å². The molecule has 2 aromatic rings. The van der Waals surface area contributed by atoms with E-state index in [0.29, 0.717) is 0 Å². The lowest BCUT2D eigenvalue weighted by atomic mass is 10.3. The molecule has 0 amide bonds. The van der Waals surface area contributed by atoms with E-state index >= 15 is 0 Å². The summed E-state index contributed by atoms with van der Waals surface area (Å²) >= 11 is 0. The molecule has 4 nitrogen and oxygen atoms in total. The Bertz CT molecular complexity index is 481. The molecule has 0 unspecified atom stereocenters. The lowest BCUT2D eigenvalue weighted by Gasteiger charge is -2.13. The maximum absolute atomic E-state index is 4.58. The minimum Gasteiger partial charge on any atom is -0.311 e. The number of nitrogens with zero attached hydrogens (tertiary/aromatic N) is 3. The Kier molecular flexibility index (Phi) is 4.10. The molecule has 0 saturated carbocycles. The van der Waals surface area contributed by atoms with Gasteiger partial charge in [0, 0.05) is 18.9 Å². The van der Waals surface area contributed by atoms with E-state index in [1.165, 1.54) is 38.9 Å². The fourth-order valence-corrected chi connectivity index (χ4v) is 2.72. The quantitative estimate of drug-likeness (QED) is 0.803. The molecule has 1 aliphatic heterocycles. The summed E-state index contributed by atoms with van der Waals surface area (Å²) in [5.41, 5.74) is 2.14. The number of imidazole rings is 1. The summed E-state index contributed by atoms with van der Waals surface area (Å²) in [7, 11) is 0. The summed E-state index contributed by atoms with van der Waals surface area (Å²) in [5, 5.41) is 3.48. The van der Waals surface area contributed by atoms with Crippen LogP contribution in [0.15, 0.2) is 30.6 Å². The summed E-state index contributed by atoms with van der Waals surface area (Å²) in [6.07, 6.45) is 8.14. The van der Waals surface area contributed by atoms with Crippen LogP contribution in [0.5, 0.6) is 0 Å². The third kappa shape index (κ3) is 3.33. The predicted molar refractivity (Wildman–Crippen MR) is 77.2 cm³/mol. The molecule has 0 atom stereocenters. The Labute approximate surface area is 114 Å². The van der Waals surface area contributed by atoms with Gasteiger partial charge in [0.05, 0.1) is 5.69 Å². The minimum absolute atomic E-state index is 0.863. The maximum atomic E-state index is 4.58. The van der Waals surface area contributed by atoms with Gasteiger partial charge in [-0.05, 0) is 57.6 Å². The molecule has 19 heavy (non-hydrogen) atoms. The molecular formula is C15H22N4. The molecule has 3 rings (SSSR count). The van der Waals surface area contributed by atoms with Gasteiger partial charge in [-0.15, -0.1) is 0 Å². The van der Waals surface area contributed by atoms with E-state index in [9.17, 15) is 0 Å². The molecule has 1 fully saturated rings. The second-order valence-corrected chi connectivity index (χ2v) is 5.28. The number of nitrogens with one attached hydrogen (secondary N) is 1. The van der Waals surface area contributed by atoms with Gasteiger partial charge in [-0.2, -0.15) is 0 Å². The normalized spacial score (nSPS) is 16.4. The minimum atomic E-state index is 0.863. The van der Waals surface area contributed by atoms with Crippen LogP contribution >= 0.6 is 0 Å². The molecule has 1 N–H and O–H groups in total. The summed E-state index contributed by atoms with van der Waals surface area (Å²) in [5.74, 6) is 0. The van der Waals surface area contributed by atoms with E-state index in [2.05, 4.69) is 25.8 Å². The van der Waals surface area contributed by atoms with Gasteiger partial charge in [0.2, 0.25) is 0 Å². The van der Waals surface area contributed by atoms with Gasteiger partial charge in [0.1, 0.15) is 5.65 Å². The first kappa shape index (κ1) is 12.6. The maximum Gasteiger partial charge on any atom is 0.137 e. The molecule has 0 radical (unpaired) electrons. The van der Waals surface area contributed by atoms with Gasteiger partial charge in [-0.25, -0.2) is 4.98 Å². The van der Waals surface area contributed by atoms with Crippen molar-refractivity contribution >= 4 is 5.65 Å². The average Bonchev–Trinajstić information content (AvgIpc) is 3.06. The predicted octanol–water partition coefficient (Wildman–Crippen LogP) is 1.91. The van der Waals surface area contributed by atoms with Gasteiger partial charge < -0.3 is 14.6 Å². The number of pyridine rings is 1. The molecular weight excluding hydrogens is 236 g/mol. The molecule has 1 saturated heterocycles. The Morgan fingerprint density at radius 3 is 2.95 bits per heavy atom. The zero-order chi connectivity index (χ0) is 12.9. The zero-order valence-corrected chi connectivity index (χ0v) is 11.4. The van der Waals surface area contributed by atoms with Crippen molar-refractivity contribution in [1.29, 1.82) is 0 Å². The van der Waals surface area contributed by atoms with Gasteiger partial charge in [0.25, 0.3) is 0 Å². The lowest BCUT2D eigenvalue weighted by Crippen LogP contribution is -2.24. The van der Waals surface area contributed by atoms with Crippen molar-refractivity contribution in [2.75, 3.05) is 26.2 Å². The van der Waals surface area contributed by atoms with Crippen LogP contribution in [0, 0.1) is 0 Å². The van der Waals surface area contributed by atoms with Crippen LogP contribution < -0.4 is 5.32 Å². The number of aromatic nitrogens is 2. The topological polar surface area (TPSA) is 32.6 Å². The second kappa shape index (κ2) is 6.17. The molecule has 2 aromatic heterocycles. The first-order chi connectivity index (χ1) is 9.42. The second-order valence-electron chi connectivity index (χ2n) is 5.28. The zero-order valence-electron chi connectivity index (χ0n) is 11.4. The average molecular weight is 258 g/mol. The Balaban J connectivity index is 1.39. The van der Waals surface area contributed by atoms with Crippen LogP contribution in [0.25, 0.3) is 5.65 Å². The number of rotatable bonds is 6. The highest BCUT2D eigenvalue weighted by atomic mass is 15.1. The highest BCUT2D eigenvalue weighted by molar-refractivity contribution is 5.39. The summed E-state index contributed by atoms with van der Waals surface area (Å²) in [6.45, 7) is 5.77. The van der Waals surface area contributed by atoms with Gasteiger partial charge in [0.15, 0.2) is 0 Å². The van der Waals surface area contributed by atoms with Crippen LogP contribution in [-0.4, -0.2) is 40.5 Å². The van der Waals surface area contributed by atoms with Crippen molar-refractivity contribution in [3.05, 3.63) is 36.3 Å². The van der Waals surface area contributed by atoms with Crippen LogP contribution in [0.1, 0.15) is 25.0 Å². The van der Waals surface area contributed by atoms with Crippen molar-refractivity contribution in [3.63, 3.8) is 0 Å². The molecule has 102 valence electrons. The number of hydrogen-bond acceptors (Lipinski definition) is 3. The SMILES string of the molecule is c1ccn2cc(CNCCCN3CCCC3)nc2c1. The lowest BCUT2D eigenvalue weighted by molar-refractivity contribution is 0.331. The summed E-state index contributed by atoms with van der Waals surface area (Å²) < 4.78 is 2.07. The van der Waals surface area contributed by atoms with Gasteiger partial charge in [-0.3, -0.25) is 0 Å². The molecule has 1 aliphatic rings. The van der Waals surface area contributed by atoms with Crippen molar-refractivity contribution < 1.29 is 0 Å². The largest absolute Gasteiger partial charge is 0.311 e. The van der Waals surface area contributed by atoms with Crippen molar-refractivity contribution in [2.24, 2.45) is 0 Å². The van der Waals surface area contributed by atoms with Crippen LogP contribution in [0.4, 0.5) is 0 Å². The highest BCUT2D eigenvalue weighted by Crippen LogP contribution is 2.07. The van der Waals surface area contributed by atoms with Crippen molar-refractivity contribution in [3.8, 4) is 0 Å². The van der Waals surface area contributed by atoms with Crippen LogP contribution in [0.2, 0.25) is 0 Å². The van der Waals surface area contributed by atoms with Crippen molar-refractivity contribution in [2.45, 2.75) is 25.8 Å². The molecule has 3 heterocycles. The van der Waals surface area contributed by atoms with E-state index < -0.39 is 0 Å². The monoisotopic (exact) mass is 258 g/mol. The Morgan fingerprint density at radius 2 is 2.11 bits per heavy atom. The summed E-state index contributed by atoms with van der Waals surface area (Å²) in [6, 6.07) is 6.09. The van der Waals surface area contributed by atoms with E-state index in [-0.39, 0.29) is 0 Å². The number of fused-ring (bicyclic) bond motifs is 1. The highest BCUT2D eigenvalue weighted by Gasteiger charge is 2.09. The summed E-state index contributed by atoms with van der Waals surface area (Å²) in [4.78, 5) is 7.14. The van der Waals surface area contributed by atoms with E-state index in [1.54, 1.807) is 0 Å². The standard InChI is InChI=1S/C15H22N4/c1-2-11-19-13-14(17-15(19)6-1)12-16-7-5-10-18-8-3-4-9-18/h1-2,6,11,13,16H,3-5,7-10,12H2. The Hall–Kier alpha value is -1.39. The van der Waals surface area contributed by atoms with Gasteiger partial charge in [-0.1, -0.05) is 6.07 Å². The van der Waals surface area contributed by atoms with Crippen molar-refractivity contribution in [1.82, 2.24) is 19.6 Å².